The molecule has 3 heteroatoms. The van der Waals surface area contributed by atoms with Gasteiger partial charge in [-0.25, -0.2) is 0 Å². The highest BCUT2D eigenvalue weighted by molar-refractivity contribution is 5.81. The van der Waals surface area contributed by atoms with E-state index in [0.717, 1.165) is 32.4 Å². The SMILES string of the molecule is CC1CCN(C2CCC(=O)C2)CC1O. The van der Waals surface area contributed by atoms with E-state index in [1.54, 1.807) is 0 Å². The number of ketones is 1. The lowest BCUT2D eigenvalue weighted by Gasteiger charge is -2.37. The third kappa shape index (κ3) is 1.98. The zero-order valence-corrected chi connectivity index (χ0v) is 8.78. The minimum Gasteiger partial charge on any atom is -0.392 e. The van der Waals surface area contributed by atoms with Gasteiger partial charge in [0.25, 0.3) is 0 Å². The summed E-state index contributed by atoms with van der Waals surface area (Å²) in [5.74, 6) is 0.812. The van der Waals surface area contributed by atoms with Crippen LogP contribution in [0.2, 0.25) is 0 Å². The minimum atomic E-state index is -0.195. The van der Waals surface area contributed by atoms with Crippen molar-refractivity contribution in [3.8, 4) is 0 Å². The fourth-order valence-corrected chi connectivity index (χ4v) is 2.51. The smallest absolute Gasteiger partial charge is 0.134 e. The maximum absolute atomic E-state index is 11.2. The van der Waals surface area contributed by atoms with Crippen LogP contribution in [0.5, 0.6) is 0 Å². The molecule has 1 saturated heterocycles. The van der Waals surface area contributed by atoms with Crippen molar-refractivity contribution in [1.29, 1.82) is 0 Å². The molecule has 1 aliphatic heterocycles. The Morgan fingerprint density at radius 3 is 2.79 bits per heavy atom. The molecule has 80 valence electrons. The van der Waals surface area contributed by atoms with Crippen molar-refractivity contribution < 1.29 is 9.90 Å². The molecule has 0 radical (unpaired) electrons. The summed E-state index contributed by atoms with van der Waals surface area (Å²) in [4.78, 5) is 13.5. The standard InChI is InChI=1S/C11H19NO2/c1-8-4-5-12(7-11(8)14)9-2-3-10(13)6-9/h8-9,11,14H,2-7H2,1H3. The lowest BCUT2D eigenvalue weighted by atomic mass is 9.94. The topological polar surface area (TPSA) is 40.5 Å². The van der Waals surface area contributed by atoms with E-state index >= 15 is 0 Å². The second-order valence-electron chi connectivity index (χ2n) is 4.76. The Balaban J connectivity index is 1.90. The van der Waals surface area contributed by atoms with Gasteiger partial charge in [-0.05, 0) is 25.3 Å². The molecule has 14 heavy (non-hydrogen) atoms. The van der Waals surface area contributed by atoms with Crippen LogP contribution in [-0.4, -0.2) is 41.0 Å². The van der Waals surface area contributed by atoms with Gasteiger partial charge >= 0.3 is 0 Å². The van der Waals surface area contributed by atoms with Crippen LogP contribution in [0.3, 0.4) is 0 Å². The van der Waals surface area contributed by atoms with Gasteiger partial charge in [0.1, 0.15) is 5.78 Å². The number of piperidine rings is 1. The quantitative estimate of drug-likeness (QED) is 0.676. The van der Waals surface area contributed by atoms with Crippen molar-refractivity contribution in [1.82, 2.24) is 4.90 Å². The molecule has 1 N–H and O–H groups in total. The van der Waals surface area contributed by atoms with Crippen LogP contribution in [-0.2, 0) is 4.79 Å². The van der Waals surface area contributed by atoms with Crippen molar-refractivity contribution in [3.63, 3.8) is 0 Å². The highest BCUT2D eigenvalue weighted by Gasteiger charge is 2.32. The molecule has 0 bridgehead atoms. The summed E-state index contributed by atoms with van der Waals surface area (Å²) in [6.45, 7) is 3.91. The first-order chi connectivity index (χ1) is 6.66. The number of carbonyl (C=O) groups excluding carboxylic acids is 1. The predicted molar refractivity (Wildman–Crippen MR) is 54.0 cm³/mol. The molecular formula is C11H19NO2. The second kappa shape index (κ2) is 3.99. The molecule has 3 atom stereocenters. The normalized spacial score (nSPS) is 40.4. The zero-order chi connectivity index (χ0) is 10.1. The number of likely N-dealkylation sites (tertiary alicyclic amines) is 1. The Hall–Kier alpha value is -0.410. The fraction of sp³-hybridized carbons (Fsp3) is 0.909. The third-order valence-electron chi connectivity index (χ3n) is 3.69. The molecule has 0 aromatic carbocycles. The first-order valence-electron chi connectivity index (χ1n) is 5.60. The molecular weight excluding hydrogens is 178 g/mol. The fourth-order valence-electron chi connectivity index (χ4n) is 2.51. The van der Waals surface area contributed by atoms with Crippen molar-refractivity contribution in [2.45, 2.75) is 44.8 Å². The van der Waals surface area contributed by atoms with Crippen LogP contribution >= 0.6 is 0 Å². The van der Waals surface area contributed by atoms with Crippen molar-refractivity contribution in [2.75, 3.05) is 13.1 Å². The third-order valence-corrected chi connectivity index (χ3v) is 3.69. The number of hydrogen-bond acceptors (Lipinski definition) is 3. The Labute approximate surface area is 85.1 Å². The van der Waals surface area contributed by atoms with E-state index in [1.807, 2.05) is 0 Å². The van der Waals surface area contributed by atoms with E-state index in [1.165, 1.54) is 0 Å². The number of hydrogen-bond donors (Lipinski definition) is 1. The van der Waals surface area contributed by atoms with Crippen molar-refractivity contribution in [2.24, 2.45) is 5.92 Å². The van der Waals surface area contributed by atoms with Gasteiger partial charge in [0.05, 0.1) is 6.10 Å². The van der Waals surface area contributed by atoms with Crippen LogP contribution in [0.15, 0.2) is 0 Å². The van der Waals surface area contributed by atoms with Gasteiger partial charge in [-0.3, -0.25) is 9.69 Å². The summed E-state index contributed by atoms with van der Waals surface area (Å²) in [5, 5.41) is 9.75. The van der Waals surface area contributed by atoms with E-state index in [4.69, 9.17) is 0 Å². The molecule has 2 fully saturated rings. The average Bonchev–Trinajstić information content (AvgIpc) is 2.57. The number of aliphatic hydroxyl groups excluding tert-OH is 1. The molecule has 2 rings (SSSR count). The van der Waals surface area contributed by atoms with Gasteiger partial charge < -0.3 is 5.11 Å². The summed E-state index contributed by atoms with van der Waals surface area (Å²) in [7, 11) is 0. The summed E-state index contributed by atoms with van der Waals surface area (Å²) in [5.41, 5.74) is 0. The lowest BCUT2D eigenvalue weighted by molar-refractivity contribution is -0.117. The highest BCUT2D eigenvalue weighted by Crippen LogP contribution is 2.26. The van der Waals surface area contributed by atoms with Gasteiger partial charge in [-0.2, -0.15) is 0 Å². The average molecular weight is 197 g/mol. The Morgan fingerprint density at radius 2 is 2.21 bits per heavy atom. The first kappa shape index (κ1) is 10.1. The minimum absolute atomic E-state index is 0.195. The summed E-state index contributed by atoms with van der Waals surface area (Å²) in [6, 6.07) is 0.421. The van der Waals surface area contributed by atoms with Crippen LogP contribution in [0.25, 0.3) is 0 Å². The molecule has 0 amide bonds. The van der Waals surface area contributed by atoms with Gasteiger partial charge in [-0.1, -0.05) is 6.92 Å². The van der Waals surface area contributed by atoms with Crippen LogP contribution in [0, 0.1) is 5.92 Å². The Bertz CT molecular complexity index is 229. The van der Waals surface area contributed by atoms with Gasteiger partial charge in [-0.15, -0.1) is 0 Å². The summed E-state index contributed by atoms with van der Waals surface area (Å²) < 4.78 is 0. The molecule has 0 aromatic heterocycles. The van der Waals surface area contributed by atoms with Gasteiger partial charge in [0.15, 0.2) is 0 Å². The molecule has 1 heterocycles. The molecule has 0 aromatic rings. The number of rotatable bonds is 1. The van der Waals surface area contributed by atoms with E-state index in [2.05, 4.69) is 11.8 Å². The number of Topliss-reactive ketones (excluding diaryl/α,β-unsaturated/α-hetero) is 1. The molecule has 3 nitrogen and oxygen atoms in total. The molecule has 0 spiro atoms. The van der Waals surface area contributed by atoms with E-state index in [0.29, 0.717) is 24.2 Å². The van der Waals surface area contributed by atoms with E-state index < -0.39 is 0 Å². The van der Waals surface area contributed by atoms with E-state index in [-0.39, 0.29) is 6.10 Å². The number of carbonyl (C=O) groups is 1. The maximum atomic E-state index is 11.2. The number of β-amino-alcohol motifs (C(OH)–C–C–N with tert-alkyl or cyclic N) is 1. The van der Waals surface area contributed by atoms with Crippen molar-refractivity contribution >= 4 is 5.78 Å². The molecule has 2 aliphatic rings. The van der Waals surface area contributed by atoms with Gasteiger partial charge in [0, 0.05) is 25.4 Å². The molecule has 3 unspecified atom stereocenters. The van der Waals surface area contributed by atoms with Crippen molar-refractivity contribution in [3.05, 3.63) is 0 Å². The monoisotopic (exact) mass is 197 g/mol. The van der Waals surface area contributed by atoms with Crippen LogP contribution in [0.1, 0.15) is 32.6 Å². The highest BCUT2D eigenvalue weighted by atomic mass is 16.3. The number of nitrogens with zero attached hydrogens (tertiary/aromatic N) is 1. The maximum Gasteiger partial charge on any atom is 0.134 e. The summed E-state index contributed by atoms with van der Waals surface area (Å²) in [6.07, 6.45) is 3.32. The first-order valence-corrected chi connectivity index (χ1v) is 5.60. The summed E-state index contributed by atoms with van der Waals surface area (Å²) >= 11 is 0. The predicted octanol–water partition coefficient (Wildman–Crippen LogP) is 0.811. The molecule has 1 saturated carbocycles. The Morgan fingerprint density at radius 1 is 1.43 bits per heavy atom. The Kier molecular flexibility index (Phi) is 2.88. The second-order valence-corrected chi connectivity index (χ2v) is 4.76. The van der Waals surface area contributed by atoms with Crippen LogP contribution < -0.4 is 0 Å². The van der Waals surface area contributed by atoms with E-state index in [9.17, 15) is 9.90 Å². The van der Waals surface area contributed by atoms with Crippen LogP contribution in [0.4, 0.5) is 0 Å². The largest absolute Gasteiger partial charge is 0.392 e. The molecule has 1 aliphatic carbocycles. The van der Waals surface area contributed by atoms with Gasteiger partial charge in [0.2, 0.25) is 0 Å². The zero-order valence-electron chi connectivity index (χ0n) is 8.78. The lowest BCUT2D eigenvalue weighted by Crippen LogP contribution is -2.47. The number of aliphatic hydroxyl groups is 1.